The first-order valence-corrected chi connectivity index (χ1v) is 10.2. The second-order valence-corrected chi connectivity index (χ2v) is 8.11. The van der Waals surface area contributed by atoms with Gasteiger partial charge in [0.25, 0.3) is 5.91 Å². The summed E-state index contributed by atoms with van der Waals surface area (Å²) in [6.07, 6.45) is 0. The van der Waals surface area contributed by atoms with Crippen LogP contribution < -0.4 is 10.6 Å². The van der Waals surface area contributed by atoms with Crippen molar-refractivity contribution in [3.05, 3.63) is 80.2 Å². The lowest BCUT2D eigenvalue weighted by molar-refractivity contribution is -0.676. The number of carbonyl (C=O) groups excluding carboxylic acids is 1. The fraction of sp³-hybridized carbons (Fsp3) is 0.250. The van der Waals surface area contributed by atoms with E-state index in [1.165, 1.54) is 20.9 Å². The van der Waals surface area contributed by atoms with Crippen molar-refractivity contribution in [2.24, 2.45) is 0 Å². The minimum Gasteiger partial charge on any atom is -0.344 e. The molecule has 3 nitrogen and oxygen atoms in total. The highest BCUT2D eigenvalue weighted by molar-refractivity contribution is 7.10. The van der Waals surface area contributed by atoms with E-state index < -0.39 is 0 Å². The molecule has 3 N–H and O–H groups in total. The van der Waals surface area contributed by atoms with E-state index in [2.05, 4.69) is 65.4 Å². The lowest BCUT2D eigenvalue weighted by Crippen LogP contribution is -2.87. The van der Waals surface area contributed by atoms with Crippen LogP contribution in [0.5, 0.6) is 0 Å². The molecule has 0 aliphatic heterocycles. The quantitative estimate of drug-likeness (QED) is 0.654. The van der Waals surface area contributed by atoms with Crippen LogP contribution in [0.4, 0.5) is 0 Å². The van der Waals surface area contributed by atoms with Crippen LogP contribution >= 0.6 is 22.7 Å². The van der Waals surface area contributed by atoms with Gasteiger partial charge in [0.15, 0.2) is 6.54 Å². The van der Waals surface area contributed by atoms with Gasteiger partial charge in [-0.1, -0.05) is 42.0 Å². The second-order valence-electron chi connectivity index (χ2n) is 6.15. The average Bonchev–Trinajstić information content (AvgIpc) is 3.30. The van der Waals surface area contributed by atoms with Crippen molar-refractivity contribution in [1.29, 1.82) is 0 Å². The first-order valence-electron chi connectivity index (χ1n) is 8.39. The number of benzene rings is 1. The highest BCUT2D eigenvalue weighted by Gasteiger charge is 2.20. The number of hydrogen-bond donors (Lipinski definition) is 2. The molecule has 0 aliphatic carbocycles. The Hall–Kier alpha value is -1.95. The third kappa shape index (κ3) is 4.78. The lowest BCUT2D eigenvalue weighted by atomic mass is 10.0. The van der Waals surface area contributed by atoms with Gasteiger partial charge in [0.05, 0.1) is 10.9 Å². The predicted octanol–water partition coefficient (Wildman–Crippen LogP) is 3.65. The summed E-state index contributed by atoms with van der Waals surface area (Å²) in [5, 5.41) is 9.33. The average molecular weight is 372 g/mol. The van der Waals surface area contributed by atoms with Gasteiger partial charge in [0.2, 0.25) is 0 Å². The molecule has 0 saturated carbocycles. The zero-order valence-electron chi connectivity index (χ0n) is 14.4. The summed E-state index contributed by atoms with van der Waals surface area (Å²) in [4.78, 5) is 14.8. The molecule has 2 heterocycles. The Kier molecular flexibility index (Phi) is 6.02. The Labute approximate surface area is 156 Å². The van der Waals surface area contributed by atoms with Gasteiger partial charge in [-0.05, 0) is 36.7 Å². The molecule has 25 heavy (non-hydrogen) atoms. The van der Waals surface area contributed by atoms with Gasteiger partial charge in [-0.15, -0.1) is 22.7 Å². The molecule has 3 rings (SSSR count). The SMILES string of the molecule is Cc1ccc([C@H]([NH2+]CC(=O)N[C@H](C)c2cccs2)c2cccs2)cc1. The van der Waals surface area contributed by atoms with Crippen molar-refractivity contribution >= 4 is 28.6 Å². The molecule has 1 amide bonds. The summed E-state index contributed by atoms with van der Waals surface area (Å²) < 4.78 is 0. The van der Waals surface area contributed by atoms with E-state index in [1.807, 2.05) is 18.4 Å². The van der Waals surface area contributed by atoms with Crippen LogP contribution in [0.2, 0.25) is 0 Å². The van der Waals surface area contributed by atoms with Gasteiger partial charge < -0.3 is 10.6 Å². The molecule has 3 aromatic rings. The maximum Gasteiger partial charge on any atom is 0.275 e. The summed E-state index contributed by atoms with van der Waals surface area (Å²) in [6.45, 7) is 4.53. The van der Waals surface area contributed by atoms with Crippen molar-refractivity contribution in [3.63, 3.8) is 0 Å². The summed E-state index contributed by atoms with van der Waals surface area (Å²) in [6, 6.07) is 17.0. The molecule has 2 aromatic heterocycles. The fourth-order valence-electron chi connectivity index (χ4n) is 2.79. The number of amides is 1. The molecular formula is C20H23N2OS2+. The van der Waals surface area contributed by atoms with Crippen LogP contribution in [-0.4, -0.2) is 12.5 Å². The molecule has 0 radical (unpaired) electrons. The Bertz CT molecular complexity index is 780. The van der Waals surface area contributed by atoms with Gasteiger partial charge >= 0.3 is 0 Å². The predicted molar refractivity (Wildman–Crippen MR) is 105 cm³/mol. The van der Waals surface area contributed by atoms with E-state index in [0.717, 1.165) is 0 Å². The standard InChI is InChI=1S/C20H22N2OS2/c1-14-7-9-16(10-8-14)20(18-6-4-12-25-18)21-13-19(23)22-15(2)17-5-3-11-24-17/h3-12,15,20-21H,13H2,1-2H3,(H,22,23)/p+1/t15-,20+/m1/s1. The number of rotatable bonds is 7. The highest BCUT2D eigenvalue weighted by atomic mass is 32.1. The van der Waals surface area contributed by atoms with E-state index in [0.29, 0.717) is 6.54 Å². The number of carbonyl (C=O) groups is 1. The Morgan fingerprint density at radius 3 is 2.28 bits per heavy atom. The van der Waals surface area contributed by atoms with Gasteiger partial charge in [0.1, 0.15) is 6.04 Å². The molecule has 0 saturated heterocycles. The molecule has 0 aliphatic rings. The van der Waals surface area contributed by atoms with Gasteiger partial charge in [-0.25, -0.2) is 0 Å². The number of aryl methyl sites for hydroxylation is 1. The molecular weight excluding hydrogens is 348 g/mol. The summed E-state index contributed by atoms with van der Waals surface area (Å²) >= 11 is 3.40. The van der Waals surface area contributed by atoms with Crippen LogP contribution in [0.3, 0.4) is 0 Å². The molecule has 2 atom stereocenters. The Morgan fingerprint density at radius 2 is 1.68 bits per heavy atom. The third-order valence-corrected chi connectivity index (χ3v) is 6.18. The fourth-order valence-corrected chi connectivity index (χ4v) is 4.38. The molecule has 130 valence electrons. The van der Waals surface area contributed by atoms with E-state index in [-0.39, 0.29) is 18.0 Å². The van der Waals surface area contributed by atoms with Crippen molar-refractivity contribution in [3.8, 4) is 0 Å². The summed E-state index contributed by atoms with van der Waals surface area (Å²) in [5.74, 6) is 0.0644. The number of quaternary nitrogens is 1. The van der Waals surface area contributed by atoms with Crippen LogP contribution in [0.25, 0.3) is 0 Å². The van der Waals surface area contributed by atoms with Crippen molar-refractivity contribution in [1.82, 2.24) is 5.32 Å². The Balaban J connectivity index is 1.64. The lowest BCUT2D eigenvalue weighted by Gasteiger charge is -2.16. The van der Waals surface area contributed by atoms with Crippen LogP contribution in [-0.2, 0) is 4.79 Å². The maximum atomic E-state index is 12.4. The van der Waals surface area contributed by atoms with Gasteiger partial charge in [-0.3, -0.25) is 4.79 Å². The smallest absolute Gasteiger partial charge is 0.275 e. The molecule has 0 bridgehead atoms. The monoisotopic (exact) mass is 371 g/mol. The normalized spacial score (nSPS) is 13.4. The van der Waals surface area contributed by atoms with Crippen LogP contribution in [0, 0.1) is 6.92 Å². The topological polar surface area (TPSA) is 45.7 Å². The van der Waals surface area contributed by atoms with Gasteiger partial charge in [0, 0.05) is 10.4 Å². The second kappa shape index (κ2) is 8.43. The number of nitrogens with two attached hydrogens (primary N) is 1. The molecule has 0 spiro atoms. The minimum atomic E-state index is 0.0560. The highest BCUT2D eigenvalue weighted by Crippen LogP contribution is 2.23. The Morgan fingerprint density at radius 1 is 1.04 bits per heavy atom. The van der Waals surface area contributed by atoms with E-state index >= 15 is 0 Å². The largest absolute Gasteiger partial charge is 0.344 e. The minimum absolute atomic E-state index is 0.0560. The first-order chi connectivity index (χ1) is 12.1. The number of hydrogen-bond acceptors (Lipinski definition) is 3. The summed E-state index contributed by atoms with van der Waals surface area (Å²) in [5.41, 5.74) is 2.48. The van der Waals surface area contributed by atoms with E-state index in [4.69, 9.17) is 0 Å². The van der Waals surface area contributed by atoms with Gasteiger partial charge in [-0.2, -0.15) is 0 Å². The first kappa shape index (κ1) is 17.9. The third-order valence-electron chi connectivity index (χ3n) is 4.17. The molecule has 0 fully saturated rings. The molecule has 5 heteroatoms. The maximum absolute atomic E-state index is 12.4. The van der Waals surface area contributed by atoms with Crippen LogP contribution in [0.1, 0.15) is 39.9 Å². The molecule has 1 aromatic carbocycles. The van der Waals surface area contributed by atoms with Crippen molar-refractivity contribution in [2.45, 2.75) is 25.9 Å². The number of nitrogens with one attached hydrogen (secondary N) is 1. The van der Waals surface area contributed by atoms with Crippen molar-refractivity contribution in [2.75, 3.05) is 6.54 Å². The summed E-state index contributed by atoms with van der Waals surface area (Å²) in [7, 11) is 0. The van der Waals surface area contributed by atoms with Crippen molar-refractivity contribution < 1.29 is 10.1 Å². The molecule has 0 unspecified atom stereocenters. The zero-order chi connectivity index (χ0) is 17.6. The van der Waals surface area contributed by atoms with E-state index in [9.17, 15) is 4.79 Å². The van der Waals surface area contributed by atoms with Crippen LogP contribution in [0.15, 0.2) is 59.3 Å². The zero-order valence-corrected chi connectivity index (χ0v) is 16.1. The van der Waals surface area contributed by atoms with E-state index in [1.54, 1.807) is 22.7 Å². The number of thiophene rings is 2.